The maximum atomic E-state index is 13.3. The monoisotopic (exact) mass is 370 g/mol. The number of nitrogens with two attached hydrogens (primary N) is 1. The van der Waals surface area contributed by atoms with Gasteiger partial charge in [-0.15, -0.1) is 0 Å². The molecule has 3 aromatic rings. The molecule has 0 spiro atoms. The van der Waals surface area contributed by atoms with Crippen LogP contribution in [0.3, 0.4) is 0 Å². The number of carbonyl (C=O) groups excluding carboxylic acids is 1. The number of primary amides is 1. The summed E-state index contributed by atoms with van der Waals surface area (Å²) in [6.07, 6.45) is 7.15. The maximum Gasteiger partial charge on any atom is 0.286 e. The predicted molar refractivity (Wildman–Crippen MR) is 95.4 cm³/mol. The smallest absolute Gasteiger partial charge is 0.286 e. The van der Waals surface area contributed by atoms with Gasteiger partial charge in [0.05, 0.1) is 11.7 Å². The van der Waals surface area contributed by atoms with Crippen LogP contribution < -0.4 is 5.73 Å². The molecule has 3 N–H and O–H groups in total. The third-order valence-electron chi connectivity index (χ3n) is 4.88. The number of amides is 1. The van der Waals surface area contributed by atoms with Crippen LogP contribution in [0.15, 0.2) is 34.9 Å². The average Bonchev–Trinajstić information content (AvgIpc) is 3.31. The lowest BCUT2D eigenvalue weighted by molar-refractivity contribution is 0.0975. The summed E-state index contributed by atoms with van der Waals surface area (Å²) in [5, 5.41) is 14.0. The van der Waals surface area contributed by atoms with Crippen molar-refractivity contribution in [2.45, 2.75) is 38.1 Å². The third-order valence-corrected chi connectivity index (χ3v) is 4.88. The Morgan fingerprint density at radius 2 is 2.04 bits per heavy atom. The molecule has 1 aliphatic carbocycles. The lowest BCUT2D eigenvalue weighted by atomic mass is 9.95. The zero-order chi connectivity index (χ0) is 19.0. The van der Waals surface area contributed by atoms with E-state index in [1.165, 1.54) is 18.6 Å². The Kier molecular flexibility index (Phi) is 4.39. The van der Waals surface area contributed by atoms with Crippen LogP contribution in [0.4, 0.5) is 4.39 Å². The van der Waals surface area contributed by atoms with Gasteiger partial charge in [-0.05, 0) is 37.1 Å². The molecule has 1 saturated carbocycles. The minimum atomic E-state index is -0.758. The van der Waals surface area contributed by atoms with E-state index in [2.05, 4.69) is 10.1 Å². The van der Waals surface area contributed by atoms with Gasteiger partial charge >= 0.3 is 0 Å². The number of nitrogens with zero attached hydrogens (tertiary/aromatic N) is 3. The Labute approximate surface area is 154 Å². The van der Waals surface area contributed by atoms with E-state index < -0.39 is 17.5 Å². The summed E-state index contributed by atoms with van der Waals surface area (Å²) in [7, 11) is 0. The Bertz CT molecular complexity index is 989. The van der Waals surface area contributed by atoms with Crippen molar-refractivity contribution in [1.29, 1.82) is 0 Å². The van der Waals surface area contributed by atoms with Crippen molar-refractivity contribution in [2.75, 3.05) is 0 Å². The maximum absolute atomic E-state index is 13.3. The summed E-state index contributed by atoms with van der Waals surface area (Å²) in [4.78, 5) is 16.3. The Morgan fingerprint density at radius 1 is 1.26 bits per heavy atom. The van der Waals surface area contributed by atoms with Gasteiger partial charge in [0.1, 0.15) is 5.69 Å². The molecular formula is C19H19FN4O3. The molecular weight excluding hydrogens is 351 g/mol. The van der Waals surface area contributed by atoms with Crippen molar-refractivity contribution in [3.05, 3.63) is 42.0 Å². The van der Waals surface area contributed by atoms with Crippen LogP contribution in [0.5, 0.6) is 5.75 Å². The van der Waals surface area contributed by atoms with Crippen molar-refractivity contribution in [3.8, 4) is 28.6 Å². The fraction of sp³-hybridized carbons (Fsp3) is 0.316. The highest BCUT2D eigenvalue weighted by atomic mass is 19.1. The molecule has 0 atom stereocenters. The molecule has 2 aromatic heterocycles. The second-order valence-electron chi connectivity index (χ2n) is 6.68. The quantitative estimate of drug-likeness (QED) is 0.729. The molecule has 8 heteroatoms. The molecule has 0 radical (unpaired) electrons. The first-order chi connectivity index (χ1) is 13.0. The number of carbonyl (C=O) groups is 1. The summed E-state index contributed by atoms with van der Waals surface area (Å²) in [6.45, 7) is 0. The fourth-order valence-electron chi connectivity index (χ4n) is 3.55. The molecule has 0 aliphatic heterocycles. The second-order valence-corrected chi connectivity index (χ2v) is 6.68. The number of phenols is 1. The molecule has 1 amide bonds. The zero-order valence-corrected chi connectivity index (χ0v) is 14.6. The van der Waals surface area contributed by atoms with Gasteiger partial charge in [-0.25, -0.2) is 9.37 Å². The van der Waals surface area contributed by atoms with Gasteiger partial charge in [0.25, 0.3) is 5.91 Å². The summed E-state index contributed by atoms with van der Waals surface area (Å²) in [5.41, 5.74) is 6.77. The van der Waals surface area contributed by atoms with Crippen LogP contribution in [0.1, 0.15) is 48.7 Å². The molecule has 2 heterocycles. The van der Waals surface area contributed by atoms with Gasteiger partial charge in [-0.1, -0.05) is 19.3 Å². The van der Waals surface area contributed by atoms with E-state index in [0.29, 0.717) is 17.0 Å². The predicted octanol–water partition coefficient (Wildman–Crippen LogP) is 3.65. The van der Waals surface area contributed by atoms with Crippen LogP contribution in [0, 0.1) is 5.82 Å². The fourth-order valence-corrected chi connectivity index (χ4v) is 3.55. The lowest BCUT2D eigenvalue weighted by Crippen LogP contribution is -2.17. The first-order valence-corrected chi connectivity index (χ1v) is 8.88. The van der Waals surface area contributed by atoms with Crippen LogP contribution in [-0.2, 0) is 0 Å². The summed E-state index contributed by atoms with van der Waals surface area (Å²) >= 11 is 0. The topological polar surface area (TPSA) is 107 Å². The first kappa shape index (κ1) is 17.3. The molecule has 0 bridgehead atoms. The van der Waals surface area contributed by atoms with E-state index in [-0.39, 0.29) is 17.7 Å². The van der Waals surface area contributed by atoms with E-state index in [1.54, 1.807) is 12.3 Å². The van der Waals surface area contributed by atoms with Gasteiger partial charge in [0.15, 0.2) is 11.6 Å². The van der Waals surface area contributed by atoms with Gasteiger partial charge in [0.2, 0.25) is 11.7 Å². The first-order valence-electron chi connectivity index (χ1n) is 8.88. The molecule has 140 valence electrons. The van der Waals surface area contributed by atoms with E-state index in [9.17, 15) is 14.3 Å². The molecule has 1 aromatic carbocycles. The number of hydrogen-bond acceptors (Lipinski definition) is 5. The molecule has 4 rings (SSSR count). The van der Waals surface area contributed by atoms with Crippen LogP contribution >= 0.6 is 0 Å². The van der Waals surface area contributed by atoms with Crippen molar-refractivity contribution in [3.63, 3.8) is 0 Å². The van der Waals surface area contributed by atoms with E-state index in [4.69, 9.17) is 10.2 Å². The van der Waals surface area contributed by atoms with Gasteiger partial charge in [0, 0.05) is 11.8 Å². The van der Waals surface area contributed by atoms with Crippen LogP contribution in [-0.4, -0.2) is 25.8 Å². The normalized spacial score (nSPS) is 15.1. The molecule has 1 fully saturated rings. The number of oxazole rings is 1. The van der Waals surface area contributed by atoms with Crippen LogP contribution in [0.2, 0.25) is 0 Å². The number of phenolic OH excluding ortho intramolecular Hbond substituents is 1. The number of rotatable bonds is 4. The van der Waals surface area contributed by atoms with Gasteiger partial charge < -0.3 is 15.3 Å². The minimum absolute atomic E-state index is 0.0745. The number of aromatic nitrogens is 3. The standard InChI is InChI=1S/C19H19FN4O3/c20-13-7-6-11(10-15(13)25)19-23-16(17(27-19)18(21)26)14-8-9-22-24(14)12-4-2-1-3-5-12/h6-10,12,25H,1-5H2,(H2,21,26). The number of halogens is 1. The van der Waals surface area contributed by atoms with Gasteiger partial charge in [-0.2, -0.15) is 5.10 Å². The van der Waals surface area contributed by atoms with Crippen molar-refractivity contribution >= 4 is 5.91 Å². The summed E-state index contributed by atoms with van der Waals surface area (Å²) in [6, 6.07) is 5.71. The molecule has 27 heavy (non-hydrogen) atoms. The third kappa shape index (κ3) is 3.18. The minimum Gasteiger partial charge on any atom is -0.505 e. The highest BCUT2D eigenvalue weighted by Gasteiger charge is 2.26. The SMILES string of the molecule is NC(=O)c1oc(-c2ccc(F)c(O)c2)nc1-c1ccnn1C1CCCCC1. The van der Waals surface area contributed by atoms with Crippen LogP contribution in [0.25, 0.3) is 22.8 Å². The number of hydrogen-bond donors (Lipinski definition) is 2. The largest absolute Gasteiger partial charge is 0.505 e. The lowest BCUT2D eigenvalue weighted by Gasteiger charge is -2.23. The van der Waals surface area contributed by atoms with Crippen molar-refractivity contribution in [2.24, 2.45) is 5.73 Å². The summed E-state index contributed by atoms with van der Waals surface area (Å²) < 4.78 is 20.8. The van der Waals surface area contributed by atoms with E-state index in [0.717, 1.165) is 31.7 Å². The molecule has 7 nitrogen and oxygen atoms in total. The highest BCUT2D eigenvalue weighted by Crippen LogP contribution is 2.35. The average molecular weight is 370 g/mol. The highest BCUT2D eigenvalue weighted by molar-refractivity contribution is 5.96. The number of aromatic hydroxyl groups is 1. The second kappa shape index (κ2) is 6.86. The number of benzene rings is 1. The molecule has 0 saturated heterocycles. The Morgan fingerprint density at radius 3 is 2.74 bits per heavy atom. The van der Waals surface area contributed by atoms with Gasteiger partial charge in [-0.3, -0.25) is 9.48 Å². The Balaban J connectivity index is 1.79. The van der Waals surface area contributed by atoms with E-state index in [1.807, 2.05) is 4.68 Å². The van der Waals surface area contributed by atoms with Crippen molar-refractivity contribution in [1.82, 2.24) is 14.8 Å². The zero-order valence-electron chi connectivity index (χ0n) is 14.6. The molecule has 0 unspecified atom stereocenters. The van der Waals surface area contributed by atoms with Crippen molar-refractivity contribution < 1.29 is 18.7 Å². The molecule has 1 aliphatic rings. The Hall–Kier alpha value is -3.16. The van der Waals surface area contributed by atoms with E-state index >= 15 is 0 Å². The summed E-state index contributed by atoms with van der Waals surface area (Å²) in [5.74, 6) is -2.06.